The van der Waals surface area contributed by atoms with E-state index in [1.807, 2.05) is 6.92 Å². The summed E-state index contributed by atoms with van der Waals surface area (Å²) in [7, 11) is 0. The van der Waals surface area contributed by atoms with Crippen LogP contribution in [0.3, 0.4) is 0 Å². The Balaban J connectivity index is 2.14. The van der Waals surface area contributed by atoms with Crippen LogP contribution in [0.4, 0.5) is 0 Å². The lowest BCUT2D eigenvalue weighted by molar-refractivity contribution is -0.138. The zero-order valence-corrected chi connectivity index (χ0v) is 20.1. The van der Waals surface area contributed by atoms with Crippen LogP contribution in [0.15, 0.2) is 36.4 Å². The third kappa shape index (κ3) is 6.93. The van der Waals surface area contributed by atoms with E-state index in [4.69, 9.17) is 23.2 Å². The number of benzene rings is 2. The smallest absolute Gasteiger partial charge is 0.242 e. The average Bonchev–Trinajstić information content (AvgIpc) is 2.66. The van der Waals surface area contributed by atoms with Crippen LogP contribution in [0, 0.1) is 13.8 Å². The Kier molecular flexibility index (Phi) is 9.53. The second-order valence-electron chi connectivity index (χ2n) is 7.28. The third-order valence-corrected chi connectivity index (χ3v) is 6.38. The lowest BCUT2D eigenvalue weighted by Crippen LogP contribution is -2.48. The highest BCUT2D eigenvalue weighted by Gasteiger charge is 2.27. The second kappa shape index (κ2) is 11.6. The Morgan fingerprint density at radius 2 is 1.70 bits per heavy atom. The molecule has 0 radical (unpaired) electrons. The van der Waals surface area contributed by atoms with Gasteiger partial charge in [-0.2, -0.15) is 0 Å². The highest BCUT2D eigenvalue weighted by molar-refractivity contribution is 7.99. The zero-order chi connectivity index (χ0) is 22.3. The summed E-state index contributed by atoms with van der Waals surface area (Å²) in [4.78, 5) is 27.1. The van der Waals surface area contributed by atoms with Crippen molar-refractivity contribution in [3.63, 3.8) is 0 Å². The third-order valence-electron chi connectivity index (χ3n) is 4.68. The van der Waals surface area contributed by atoms with Gasteiger partial charge in [-0.25, -0.2) is 0 Å². The highest BCUT2D eigenvalue weighted by Crippen LogP contribution is 2.27. The predicted octanol–water partition coefficient (Wildman–Crippen LogP) is 5.40. The van der Waals surface area contributed by atoms with Crippen molar-refractivity contribution in [1.82, 2.24) is 10.2 Å². The summed E-state index contributed by atoms with van der Waals surface area (Å²) >= 11 is 14.2. The fourth-order valence-electron chi connectivity index (χ4n) is 3.25. The number of rotatable bonds is 9. The first-order chi connectivity index (χ1) is 14.2. The zero-order valence-electron chi connectivity index (χ0n) is 17.8. The fraction of sp³-hybridized carbons (Fsp3) is 0.391. The van der Waals surface area contributed by atoms with E-state index >= 15 is 0 Å². The molecule has 2 aromatic rings. The second-order valence-corrected chi connectivity index (χ2v) is 9.08. The maximum atomic E-state index is 13.1. The summed E-state index contributed by atoms with van der Waals surface area (Å²) in [5.74, 6) is 0.663. The van der Waals surface area contributed by atoms with Crippen molar-refractivity contribution in [3.8, 4) is 0 Å². The Morgan fingerprint density at radius 3 is 2.27 bits per heavy atom. The van der Waals surface area contributed by atoms with E-state index in [1.165, 1.54) is 28.5 Å². The summed E-state index contributed by atoms with van der Waals surface area (Å²) in [6.45, 7) is 8.38. The molecule has 1 N–H and O–H groups in total. The van der Waals surface area contributed by atoms with E-state index in [9.17, 15) is 9.59 Å². The van der Waals surface area contributed by atoms with Crippen LogP contribution in [0.2, 0.25) is 10.0 Å². The van der Waals surface area contributed by atoms with Gasteiger partial charge in [0.25, 0.3) is 0 Å². The van der Waals surface area contributed by atoms with Gasteiger partial charge in [0.15, 0.2) is 0 Å². The number of carbonyl (C=O) groups excluding carboxylic acids is 2. The molecular weight excluding hydrogens is 439 g/mol. The van der Waals surface area contributed by atoms with Crippen LogP contribution in [0.25, 0.3) is 0 Å². The van der Waals surface area contributed by atoms with E-state index in [0.29, 0.717) is 22.2 Å². The molecule has 2 rings (SSSR count). The molecule has 162 valence electrons. The van der Waals surface area contributed by atoms with Gasteiger partial charge in [0.2, 0.25) is 11.8 Å². The molecule has 0 bridgehead atoms. The van der Waals surface area contributed by atoms with Crippen LogP contribution in [-0.2, 0) is 21.9 Å². The Hall–Kier alpha value is -1.69. The number of hydrogen-bond acceptors (Lipinski definition) is 3. The molecule has 0 saturated heterocycles. The maximum Gasteiger partial charge on any atom is 0.242 e. The minimum Gasteiger partial charge on any atom is -0.355 e. The standard InChI is InChI=1S/C23H28Cl2N2O2S/c1-5-26-23(29)17(4)27(12-19-20(24)7-6-8-21(19)25)22(28)14-30-13-18-10-15(2)9-16(3)11-18/h6-11,17H,5,12-14H2,1-4H3,(H,26,29)/t17-/m0/s1. The van der Waals surface area contributed by atoms with Crippen molar-refractivity contribution in [2.75, 3.05) is 12.3 Å². The van der Waals surface area contributed by atoms with Crippen molar-refractivity contribution in [2.45, 2.75) is 46.0 Å². The van der Waals surface area contributed by atoms with Crippen molar-refractivity contribution < 1.29 is 9.59 Å². The number of nitrogens with zero attached hydrogens (tertiary/aromatic N) is 1. The van der Waals surface area contributed by atoms with Crippen molar-refractivity contribution in [1.29, 1.82) is 0 Å². The average molecular weight is 467 g/mol. The predicted molar refractivity (Wildman–Crippen MR) is 127 cm³/mol. The monoisotopic (exact) mass is 466 g/mol. The lowest BCUT2D eigenvalue weighted by Gasteiger charge is -2.29. The number of thioether (sulfide) groups is 1. The molecule has 0 fully saturated rings. The van der Waals surface area contributed by atoms with Gasteiger partial charge in [0.05, 0.1) is 5.75 Å². The molecule has 1 atom stereocenters. The molecule has 0 heterocycles. The first-order valence-corrected chi connectivity index (χ1v) is 11.8. The lowest BCUT2D eigenvalue weighted by atomic mass is 10.1. The summed E-state index contributed by atoms with van der Waals surface area (Å²) in [6, 6.07) is 11.0. The molecule has 0 aliphatic heterocycles. The van der Waals surface area contributed by atoms with Crippen LogP contribution in [0.1, 0.15) is 36.1 Å². The molecule has 0 saturated carbocycles. The van der Waals surface area contributed by atoms with Gasteiger partial charge in [0, 0.05) is 34.5 Å². The van der Waals surface area contributed by atoms with Crippen LogP contribution in [-0.4, -0.2) is 35.1 Å². The molecule has 7 heteroatoms. The fourth-order valence-corrected chi connectivity index (χ4v) is 4.61. The number of likely N-dealkylation sites (N-methyl/N-ethyl adjacent to an activating group) is 1. The quantitative estimate of drug-likeness (QED) is 0.538. The molecule has 30 heavy (non-hydrogen) atoms. The van der Waals surface area contributed by atoms with Gasteiger partial charge in [-0.1, -0.05) is 58.6 Å². The van der Waals surface area contributed by atoms with Gasteiger partial charge in [0.1, 0.15) is 6.04 Å². The number of halogens is 2. The van der Waals surface area contributed by atoms with E-state index in [2.05, 4.69) is 37.4 Å². The van der Waals surface area contributed by atoms with Gasteiger partial charge < -0.3 is 10.2 Å². The number of aryl methyl sites for hydroxylation is 2. The summed E-state index contributed by atoms with van der Waals surface area (Å²) in [5, 5.41) is 3.74. The van der Waals surface area contributed by atoms with E-state index in [0.717, 1.165) is 5.75 Å². The van der Waals surface area contributed by atoms with Crippen LogP contribution >= 0.6 is 35.0 Å². The molecule has 4 nitrogen and oxygen atoms in total. The van der Waals surface area contributed by atoms with Crippen LogP contribution in [0.5, 0.6) is 0 Å². The molecule has 0 aromatic heterocycles. The number of amides is 2. The molecule has 2 amide bonds. The Bertz CT molecular complexity index is 864. The summed E-state index contributed by atoms with van der Waals surface area (Å²) in [5.41, 5.74) is 4.24. The normalized spacial score (nSPS) is 11.8. The SMILES string of the molecule is CCNC(=O)[C@H](C)N(Cc1c(Cl)cccc1Cl)C(=O)CSCc1cc(C)cc(C)c1. The minimum absolute atomic E-state index is 0.126. The molecular formula is C23H28Cl2N2O2S. The number of carbonyl (C=O) groups is 2. The Morgan fingerprint density at radius 1 is 1.10 bits per heavy atom. The van der Waals surface area contributed by atoms with Gasteiger partial charge in [-0.05, 0) is 45.4 Å². The largest absolute Gasteiger partial charge is 0.355 e. The van der Waals surface area contributed by atoms with Crippen molar-refractivity contribution in [3.05, 3.63) is 68.7 Å². The summed E-state index contributed by atoms with van der Waals surface area (Å²) in [6.07, 6.45) is 0. The molecule has 2 aromatic carbocycles. The minimum atomic E-state index is -0.633. The van der Waals surface area contributed by atoms with E-state index in [1.54, 1.807) is 30.0 Å². The number of nitrogens with one attached hydrogen (secondary N) is 1. The maximum absolute atomic E-state index is 13.1. The molecule has 0 aliphatic carbocycles. The van der Waals surface area contributed by atoms with Gasteiger partial charge in [-0.3, -0.25) is 9.59 Å². The summed E-state index contributed by atoms with van der Waals surface area (Å²) < 4.78 is 0. The first kappa shape index (κ1) is 24.6. The molecule has 0 aliphatic rings. The number of hydrogen-bond donors (Lipinski definition) is 1. The van der Waals surface area contributed by atoms with Crippen LogP contribution < -0.4 is 5.32 Å². The van der Waals surface area contributed by atoms with E-state index in [-0.39, 0.29) is 24.1 Å². The van der Waals surface area contributed by atoms with Crippen molar-refractivity contribution >= 4 is 46.8 Å². The topological polar surface area (TPSA) is 49.4 Å². The van der Waals surface area contributed by atoms with Gasteiger partial charge >= 0.3 is 0 Å². The molecule has 0 spiro atoms. The Labute approximate surface area is 193 Å². The van der Waals surface area contributed by atoms with Crippen molar-refractivity contribution in [2.24, 2.45) is 0 Å². The highest BCUT2D eigenvalue weighted by atomic mass is 35.5. The van der Waals surface area contributed by atoms with E-state index < -0.39 is 6.04 Å². The molecule has 0 unspecified atom stereocenters. The first-order valence-electron chi connectivity index (χ1n) is 9.88. The van der Waals surface area contributed by atoms with Gasteiger partial charge in [-0.15, -0.1) is 11.8 Å².